The fourth-order valence-corrected chi connectivity index (χ4v) is 2.79. The molecule has 2 heterocycles. The summed E-state index contributed by atoms with van der Waals surface area (Å²) in [5, 5.41) is 4.18. The normalized spacial score (nSPS) is 21.2. The Morgan fingerprint density at radius 1 is 1.40 bits per heavy atom. The first-order valence-corrected chi connectivity index (χ1v) is 7.21. The van der Waals surface area contributed by atoms with Crippen molar-refractivity contribution in [3.8, 4) is 11.3 Å². The summed E-state index contributed by atoms with van der Waals surface area (Å²) in [5.41, 5.74) is 8.04. The number of nitrogens with zero attached hydrogens (tertiary/aromatic N) is 2. The molecule has 3 rings (SSSR count). The highest BCUT2D eigenvalue weighted by Crippen LogP contribution is 2.23. The molecule has 1 saturated heterocycles. The Morgan fingerprint density at radius 2 is 2.20 bits per heavy atom. The van der Waals surface area contributed by atoms with Crippen LogP contribution in [0, 0.1) is 5.92 Å². The number of hydrogen-bond acceptors (Lipinski definition) is 4. The second kappa shape index (κ2) is 5.77. The van der Waals surface area contributed by atoms with Crippen LogP contribution in [0.5, 0.6) is 0 Å². The molecule has 2 atom stereocenters. The molecule has 1 aliphatic rings. The Balaban J connectivity index is 1.64. The predicted molar refractivity (Wildman–Crippen MR) is 79.0 cm³/mol. The number of aromatic nitrogens is 1. The van der Waals surface area contributed by atoms with Gasteiger partial charge in [-0.3, -0.25) is 4.90 Å². The second-order valence-electron chi connectivity index (χ2n) is 5.69. The van der Waals surface area contributed by atoms with Gasteiger partial charge in [-0.25, -0.2) is 0 Å². The lowest BCUT2D eigenvalue weighted by Gasteiger charge is -2.16. The van der Waals surface area contributed by atoms with E-state index >= 15 is 0 Å². The third-order valence-corrected chi connectivity index (χ3v) is 4.06. The molecule has 2 N–H and O–H groups in total. The van der Waals surface area contributed by atoms with E-state index in [4.69, 9.17) is 10.3 Å². The molecule has 2 aromatic rings. The van der Waals surface area contributed by atoms with Crippen molar-refractivity contribution >= 4 is 0 Å². The summed E-state index contributed by atoms with van der Waals surface area (Å²) in [6.07, 6.45) is 1.18. The molecule has 1 aromatic heterocycles. The lowest BCUT2D eigenvalue weighted by molar-refractivity contribution is 0.296. The Morgan fingerprint density at radius 3 is 2.90 bits per heavy atom. The lowest BCUT2D eigenvalue weighted by atomic mass is 10.0. The standard InChI is InChI=1S/C16H21N3O/c1-12(17)14-7-8-19(10-14)11-15-9-16(20-18-15)13-5-3-2-4-6-13/h2-6,9,12,14H,7-8,10-11,17H2,1H3. The van der Waals surface area contributed by atoms with E-state index in [1.54, 1.807) is 0 Å². The molecular formula is C16H21N3O. The third-order valence-electron chi connectivity index (χ3n) is 4.06. The van der Waals surface area contributed by atoms with Crippen molar-refractivity contribution in [1.29, 1.82) is 0 Å². The molecule has 1 aromatic carbocycles. The van der Waals surface area contributed by atoms with Gasteiger partial charge in [0, 0.05) is 30.8 Å². The van der Waals surface area contributed by atoms with Crippen molar-refractivity contribution in [2.45, 2.75) is 25.9 Å². The molecule has 0 aliphatic carbocycles. The molecule has 4 heteroatoms. The average molecular weight is 271 g/mol. The van der Waals surface area contributed by atoms with Crippen LogP contribution in [-0.2, 0) is 6.54 Å². The first-order valence-electron chi connectivity index (χ1n) is 7.21. The fraction of sp³-hybridized carbons (Fsp3) is 0.438. The first-order chi connectivity index (χ1) is 9.72. The van der Waals surface area contributed by atoms with Gasteiger partial charge in [-0.2, -0.15) is 0 Å². The highest BCUT2D eigenvalue weighted by atomic mass is 16.5. The van der Waals surface area contributed by atoms with Crippen LogP contribution in [0.15, 0.2) is 40.9 Å². The minimum absolute atomic E-state index is 0.275. The van der Waals surface area contributed by atoms with Gasteiger partial charge >= 0.3 is 0 Å². The van der Waals surface area contributed by atoms with Crippen molar-refractivity contribution in [2.24, 2.45) is 11.7 Å². The molecule has 1 aliphatic heterocycles. The van der Waals surface area contributed by atoms with Crippen molar-refractivity contribution < 1.29 is 4.52 Å². The number of likely N-dealkylation sites (tertiary alicyclic amines) is 1. The summed E-state index contributed by atoms with van der Waals surface area (Å²) in [4.78, 5) is 2.40. The van der Waals surface area contributed by atoms with Crippen LogP contribution in [0.4, 0.5) is 0 Å². The maximum absolute atomic E-state index is 5.97. The van der Waals surface area contributed by atoms with Crippen LogP contribution >= 0.6 is 0 Å². The van der Waals surface area contributed by atoms with Gasteiger partial charge in [0.15, 0.2) is 5.76 Å². The van der Waals surface area contributed by atoms with Gasteiger partial charge in [0.2, 0.25) is 0 Å². The highest BCUT2D eigenvalue weighted by Gasteiger charge is 2.25. The van der Waals surface area contributed by atoms with Crippen LogP contribution in [0.3, 0.4) is 0 Å². The van der Waals surface area contributed by atoms with Crippen LogP contribution in [-0.4, -0.2) is 29.2 Å². The van der Waals surface area contributed by atoms with Crippen LogP contribution < -0.4 is 5.73 Å². The SMILES string of the molecule is CC(N)C1CCN(Cc2cc(-c3ccccc3)on2)C1. The van der Waals surface area contributed by atoms with Gasteiger partial charge < -0.3 is 10.3 Å². The summed E-state index contributed by atoms with van der Waals surface area (Å²) in [7, 11) is 0. The van der Waals surface area contributed by atoms with Gasteiger partial charge in [-0.05, 0) is 25.8 Å². The summed E-state index contributed by atoms with van der Waals surface area (Å²) < 4.78 is 5.43. The highest BCUT2D eigenvalue weighted by molar-refractivity contribution is 5.56. The van der Waals surface area contributed by atoms with Crippen LogP contribution in [0.25, 0.3) is 11.3 Å². The van der Waals surface area contributed by atoms with Crippen LogP contribution in [0.2, 0.25) is 0 Å². The van der Waals surface area contributed by atoms with E-state index in [1.807, 2.05) is 36.4 Å². The molecule has 0 spiro atoms. The zero-order valence-electron chi connectivity index (χ0n) is 11.8. The maximum atomic E-state index is 5.97. The monoisotopic (exact) mass is 271 g/mol. The van der Waals surface area contributed by atoms with E-state index in [-0.39, 0.29) is 6.04 Å². The van der Waals surface area contributed by atoms with Gasteiger partial charge in [0.1, 0.15) is 0 Å². The lowest BCUT2D eigenvalue weighted by Crippen LogP contribution is -2.29. The molecule has 0 saturated carbocycles. The number of nitrogens with two attached hydrogens (primary N) is 1. The van der Waals surface area contributed by atoms with E-state index in [0.717, 1.165) is 36.7 Å². The maximum Gasteiger partial charge on any atom is 0.167 e. The third kappa shape index (κ3) is 2.92. The molecule has 1 fully saturated rings. The number of hydrogen-bond donors (Lipinski definition) is 1. The van der Waals surface area contributed by atoms with Gasteiger partial charge in [-0.1, -0.05) is 35.5 Å². The largest absolute Gasteiger partial charge is 0.356 e. The van der Waals surface area contributed by atoms with E-state index in [2.05, 4.69) is 17.0 Å². The van der Waals surface area contributed by atoms with Crippen molar-refractivity contribution in [2.75, 3.05) is 13.1 Å². The van der Waals surface area contributed by atoms with Crippen molar-refractivity contribution in [3.63, 3.8) is 0 Å². The second-order valence-corrected chi connectivity index (χ2v) is 5.69. The zero-order chi connectivity index (χ0) is 13.9. The summed E-state index contributed by atoms with van der Waals surface area (Å²) in [6, 6.07) is 12.4. The Kier molecular flexibility index (Phi) is 3.85. The molecule has 20 heavy (non-hydrogen) atoms. The molecule has 106 valence electrons. The van der Waals surface area contributed by atoms with Gasteiger partial charge in [0.05, 0.1) is 5.69 Å². The smallest absolute Gasteiger partial charge is 0.167 e. The minimum atomic E-state index is 0.275. The van der Waals surface area contributed by atoms with Crippen molar-refractivity contribution in [1.82, 2.24) is 10.1 Å². The van der Waals surface area contributed by atoms with E-state index in [1.165, 1.54) is 6.42 Å². The minimum Gasteiger partial charge on any atom is -0.356 e. The molecule has 4 nitrogen and oxygen atoms in total. The fourth-order valence-electron chi connectivity index (χ4n) is 2.79. The quantitative estimate of drug-likeness (QED) is 0.928. The topological polar surface area (TPSA) is 55.3 Å². The predicted octanol–water partition coefficient (Wildman–Crippen LogP) is 2.51. The molecule has 0 bridgehead atoms. The zero-order valence-corrected chi connectivity index (χ0v) is 11.8. The average Bonchev–Trinajstić information content (AvgIpc) is 3.10. The van der Waals surface area contributed by atoms with E-state index in [9.17, 15) is 0 Å². The van der Waals surface area contributed by atoms with Gasteiger partial charge in [0.25, 0.3) is 0 Å². The number of rotatable bonds is 4. The molecule has 0 radical (unpaired) electrons. The Bertz CT molecular complexity index is 550. The van der Waals surface area contributed by atoms with E-state index in [0.29, 0.717) is 5.92 Å². The van der Waals surface area contributed by atoms with Crippen LogP contribution in [0.1, 0.15) is 19.0 Å². The number of benzene rings is 1. The first kappa shape index (κ1) is 13.3. The summed E-state index contributed by atoms with van der Waals surface area (Å²) >= 11 is 0. The van der Waals surface area contributed by atoms with Crippen molar-refractivity contribution in [3.05, 3.63) is 42.1 Å². The van der Waals surface area contributed by atoms with E-state index < -0.39 is 0 Å². The van der Waals surface area contributed by atoms with Gasteiger partial charge in [-0.15, -0.1) is 0 Å². The summed E-state index contributed by atoms with van der Waals surface area (Å²) in [5.74, 6) is 1.44. The molecule has 0 amide bonds. The Hall–Kier alpha value is -1.65. The molecule has 2 unspecified atom stereocenters. The molecular weight excluding hydrogens is 250 g/mol. The summed E-state index contributed by atoms with van der Waals surface area (Å²) in [6.45, 7) is 5.10. The Labute approximate surface area is 119 Å².